The summed E-state index contributed by atoms with van der Waals surface area (Å²) in [6.45, 7) is 0. The average Bonchev–Trinajstić information content (AvgIpc) is 3.07. The van der Waals surface area contributed by atoms with Gasteiger partial charge in [-0.05, 0) is 119 Å². The number of fused-ring (bicyclic) bond motifs is 2. The predicted octanol–water partition coefficient (Wildman–Crippen LogP) is 5.85. The Bertz CT molecular complexity index is 2520. The maximum atomic E-state index is 13.3. The molecule has 6 aromatic rings. The first-order valence-electron chi connectivity index (χ1n) is 14.7. The van der Waals surface area contributed by atoms with E-state index in [9.17, 15) is 43.9 Å². The molecular formula is C34H26N4Na2O10S3. The molecule has 6 N–H and O–H groups in total. The number of hydrogen-bond donors (Lipinski definition) is 6. The van der Waals surface area contributed by atoms with Crippen LogP contribution in [0.2, 0.25) is 0 Å². The van der Waals surface area contributed by atoms with Gasteiger partial charge < -0.3 is 21.3 Å². The SMILES string of the molecule is O=C(Nc1ccc(S(=O)(=O)c2ccc(NC(=O)Nc3ccc4cc(S(=O)(=O)O)ccc4c3)cc2)cc1)Nc1ccc2cc(S(=O)(=O)O)ccc2c1.[Na].[Na]. The number of benzene rings is 6. The fourth-order valence-electron chi connectivity index (χ4n) is 5.08. The topological polar surface area (TPSA) is 225 Å². The Balaban J connectivity index is 0.00000314. The third kappa shape index (κ3) is 10.2. The molecule has 0 saturated heterocycles. The van der Waals surface area contributed by atoms with Crippen LogP contribution < -0.4 is 21.3 Å². The zero-order valence-corrected chi connectivity index (χ0v) is 34.4. The van der Waals surface area contributed by atoms with Crippen molar-refractivity contribution in [3.05, 3.63) is 121 Å². The zero-order valence-electron chi connectivity index (χ0n) is 27.9. The molecule has 262 valence electrons. The second-order valence-electron chi connectivity index (χ2n) is 11.1. The van der Waals surface area contributed by atoms with Gasteiger partial charge in [-0.3, -0.25) is 9.11 Å². The molecule has 0 aliphatic carbocycles. The largest absolute Gasteiger partial charge is 0.323 e. The van der Waals surface area contributed by atoms with E-state index in [0.717, 1.165) is 0 Å². The van der Waals surface area contributed by atoms with Gasteiger partial charge in [-0.15, -0.1) is 0 Å². The van der Waals surface area contributed by atoms with Crippen LogP contribution in [0.5, 0.6) is 0 Å². The molecule has 19 heteroatoms. The minimum absolute atomic E-state index is 0. The first kappa shape index (κ1) is 41.9. The summed E-state index contributed by atoms with van der Waals surface area (Å²) in [5.74, 6) is 0. The van der Waals surface area contributed by atoms with Crippen LogP contribution in [0, 0.1) is 0 Å². The van der Waals surface area contributed by atoms with E-state index in [-0.39, 0.29) is 78.7 Å². The van der Waals surface area contributed by atoms with Gasteiger partial charge in [0, 0.05) is 81.9 Å². The van der Waals surface area contributed by atoms with E-state index < -0.39 is 42.1 Å². The minimum atomic E-state index is -4.36. The number of rotatable bonds is 8. The quantitative estimate of drug-likeness (QED) is 0.0797. The van der Waals surface area contributed by atoms with Crippen LogP contribution in [0.1, 0.15) is 0 Å². The van der Waals surface area contributed by atoms with Crippen LogP contribution in [-0.2, 0) is 30.1 Å². The van der Waals surface area contributed by atoms with Crippen molar-refractivity contribution < 1.29 is 43.9 Å². The first-order valence-corrected chi connectivity index (χ1v) is 19.0. The number of carbonyl (C=O) groups excluding carboxylic acids is 2. The van der Waals surface area contributed by atoms with Gasteiger partial charge >= 0.3 is 12.1 Å². The summed E-state index contributed by atoms with van der Waals surface area (Å²) in [6, 6.07) is 27.4. The summed E-state index contributed by atoms with van der Waals surface area (Å²) < 4.78 is 90.5. The van der Waals surface area contributed by atoms with Crippen molar-refractivity contribution >= 4 is 146 Å². The molecule has 0 bridgehead atoms. The number of anilines is 4. The van der Waals surface area contributed by atoms with Crippen molar-refractivity contribution in [2.75, 3.05) is 21.3 Å². The van der Waals surface area contributed by atoms with Crippen molar-refractivity contribution in [3.63, 3.8) is 0 Å². The third-order valence-electron chi connectivity index (χ3n) is 7.58. The Morgan fingerprint density at radius 1 is 0.377 bits per heavy atom. The van der Waals surface area contributed by atoms with Crippen LogP contribution >= 0.6 is 0 Å². The van der Waals surface area contributed by atoms with E-state index >= 15 is 0 Å². The summed E-state index contributed by atoms with van der Waals surface area (Å²) >= 11 is 0. The number of sulfone groups is 1. The minimum Gasteiger partial charge on any atom is -0.308 e. The van der Waals surface area contributed by atoms with Crippen LogP contribution in [0.25, 0.3) is 21.5 Å². The van der Waals surface area contributed by atoms with Gasteiger partial charge in [0.05, 0.1) is 19.6 Å². The monoisotopic (exact) mass is 792 g/mol. The van der Waals surface area contributed by atoms with Crippen molar-refractivity contribution in [2.24, 2.45) is 0 Å². The molecule has 0 atom stereocenters. The molecule has 0 fully saturated rings. The molecule has 53 heavy (non-hydrogen) atoms. The normalized spacial score (nSPS) is 11.5. The molecular weight excluding hydrogens is 767 g/mol. The van der Waals surface area contributed by atoms with E-state index in [1.54, 1.807) is 36.4 Å². The van der Waals surface area contributed by atoms with E-state index in [1.165, 1.54) is 84.9 Å². The molecule has 0 aromatic heterocycles. The molecule has 14 nitrogen and oxygen atoms in total. The van der Waals surface area contributed by atoms with Gasteiger partial charge in [0.15, 0.2) is 0 Å². The summed E-state index contributed by atoms with van der Waals surface area (Å²) in [5.41, 5.74) is 1.43. The molecule has 6 aromatic carbocycles. The molecule has 0 spiro atoms. The van der Waals surface area contributed by atoms with Crippen molar-refractivity contribution in [1.82, 2.24) is 0 Å². The van der Waals surface area contributed by atoms with Crippen LogP contribution in [-0.4, -0.2) is 106 Å². The standard InChI is InChI=1S/C34H26N4O10S3.2Na/c39-33(37-27-5-1-23-19-31(50(43,44)45)11-3-21(23)17-27)35-25-7-13-29(14-8-25)49(41,42)30-15-9-26(10-16-30)36-34(40)38-28-6-2-24-20-32(51(46,47)48)12-4-22(24)18-28;;/h1-20H,(H2,35,37,39)(H2,36,38,40)(H,43,44,45)(H,46,47,48);;. The second kappa shape index (κ2) is 16.7. The van der Waals surface area contributed by atoms with Gasteiger partial charge in [-0.1, -0.05) is 24.3 Å². The molecule has 0 aliphatic rings. The molecule has 0 heterocycles. The van der Waals surface area contributed by atoms with Crippen molar-refractivity contribution in [3.8, 4) is 0 Å². The van der Waals surface area contributed by atoms with E-state index in [1.807, 2.05) is 0 Å². The van der Waals surface area contributed by atoms with Gasteiger partial charge in [-0.2, -0.15) is 16.8 Å². The first-order chi connectivity index (χ1) is 24.0. The number of hydrogen-bond acceptors (Lipinski definition) is 8. The second-order valence-corrected chi connectivity index (χ2v) is 15.9. The molecule has 6 rings (SSSR count). The molecule has 0 saturated carbocycles. The third-order valence-corrected chi connectivity index (χ3v) is 11.1. The van der Waals surface area contributed by atoms with Gasteiger partial charge in [0.25, 0.3) is 20.2 Å². The maximum Gasteiger partial charge on any atom is 0.323 e. The van der Waals surface area contributed by atoms with Gasteiger partial charge in [0.1, 0.15) is 0 Å². The smallest absolute Gasteiger partial charge is 0.308 e. The number of urea groups is 2. The number of carbonyl (C=O) groups is 2. The van der Waals surface area contributed by atoms with Crippen LogP contribution in [0.15, 0.2) is 141 Å². The summed E-state index contributed by atoms with van der Waals surface area (Å²) in [4.78, 5) is 24.6. The predicted molar refractivity (Wildman–Crippen MR) is 203 cm³/mol. The zero-order chi connectivity index (χ0) is 36.6. The summed E-state index contributed by atoms with van der Waals surface area (Å²) in [7, 11) is -12.7. The number of nitrogens with one attached hydrogen (secondary N) is 4. The van der Waals surface area contributed by atoms with Crippen molar-refractivity contribution in [1.29, 1.82) is 0 Å². The van der Waals surface area contributed by atoms with E-state index in [2.05, 4.69) is 21.3 Å². The van der Waals surface area contributed by atoms with Gasteiger partial charge in [-0.25, -0.2) is 18.0 Å². The van der Waals surface area contributed by atoms with Crippen molar-refractivity contribution in [2.45, 2.75) is 19.6 Å². The van der Waals surface area contributed by atoms with Crippen LogP contribution in [0.4, 0.5) is 32.3 Å². The fourth-order valence-corrected chi connectivity index (χ4v) is 7.37. The maximum absolute atomic E-state index is 13.3. The Labute approximate surface area is 348 Å². The molecule has 2 radical (unpaired) electrons. The summed E-state index contributed by atoms with van der Waals surface area (Å²) in [6.07, 6.45) is 0. The Morgan fingerprint density at radius 2 is 0.642 bits per heavy atom. The fraction of sp³-hybridized carbons (Fsp3) is 0. The Hall–Kier alpha value is -3.85. The number of amides is 4. The Morgan fingerprint density at radius 3 is 0.981 bits per heavy atom. The molecule has 4 amide bonds. The molecule has 0 unspecified atom stereocenters. The van der Waals surface area contributed by atoms with Crippen LogP contribution in [0.3, 0.4) is 0 Å². The Kier molecular flexibility index (Phi) is 13.2. The average molecular weight is 793 g/mol. The molecule has 0 aliphatic heterocycles. The van der Waals surface area contributed by atoms with E-state index in [4.69, 9.17) is 0 Å². The van der Waals surface area contributed by atoms with Gasteiger partial charge in [0.2, 0.25) is 9.84 Å². The summed E-state index contributed by atoms with van der Waals surface area (Å²) in [5, 5.41) is 12.8. The van der Waals surface area contributed by atoms with E-state index in [0.29, 0.717) is 44.3 Å².